The fourth-order valence-corrected chi connectivity index (χ4v) is 3.24. The van der Waals surface area contributed by atoms with Crippen molar-refractivity contribution in [3.05, 3.63) is 77.4 Å². The number of nitrogens with zero attached hydrogens (tertiary/aromatic N) is 1. The molecule has 6 nitrogen and oxygen atoms in total. The Labute approximate surface area is 156 Å². The maximum absolute atomic E-state index is 12.7. The first kappa shape index (κ1) is 18.4. The third-order valence-electron chi connectivity index (χ3n) is 4.49. The molecule has 1 saturated heterocycles. The Morgan fingerprint density at radius 3 is 2.11 bits per heavy atom. The molecule has 0 radical (unpaired) electrons. The molecule has 2 aromatic rings. The Hall–Kier alpha value is -3.41. The van der Waals surface area contributed by atoms with Gasteiger partial charge in [-0.2, -0.15) is 0 Å². The summed E-state index contributed by atoms with van der Waals surface area (Å²) in [6.45, 7) is 0.113. The molecule has 1 aliphatic heterocycles. The number of hydrogen-bond donors (Lipinski definition) is 2. The first-order valence-corrected chi connectivity index (χ1v) is 8.61. The highest BCUT2D eigenvalue weighted by Crippen LogP contribution is 2.39. The van der Waals surface area contributed by atoms with Crippen molar-refractivity contribution in [2.24, 2.45) is 0 Å². The van der Waals surface area contributed by atoms with Gasteiger partial charge in [0, 0.05) is 18.5 Å². The summed E-state index contributed by atoms with van der Waals surface area (Å²) in [6, 6.07) is 16.8. The summed E-state index contributed by atoms with van der Waals surface area (Å²) in [5.74, 6) is -2.69. The number of carbonyl (C=O) groups excluding carboxylic acids is 2. The van der Waals surface area contributed by atoms with Crippen LogP contribution in [0.1, 0.15) is 30.0 Å². The molecule has 0 saturated carbocycles. The maximum atomic E-state index is 12.7. The SMILES string of the molecule is O=C(O)CCCN1C(=O)C(=O)C(=C(O)c2ccccc2)[C@@H]1c1ccccc1. The molecule has 0 bridgehead atoms. The molecule has 27 heavy (non-hydrogen) atoms. The molecule has 138 valence electrons. The fraction of sp³-hybridized carbons (Fsp3) is 0.190. The Morgan fingerprint density at radius 2 is 1.52 bits per heavy atom. The van der Waals surface area contributed by atoms with Crippen LogP contribution in [0.15, 0.2) is 66.2 Å². The van der Waals surface area contributed by atoms with Gasteiger partial charge in [-0.1, -0.05) is 60.7 Å². The van der Waals surface area contributed by atoms with Crippen molar-refractivity contribution in [1.82, 2.24) is 4.90 Å². The minimum atomic E-state index is -0.966. The molecular formula is C21H19NO5. The van der Waals surface area contributed by atoms with Gasteiger partial charge in [-0.3, -0.25) is 14.4 Å². The van der Waals surface area contributed by atoms with Gasteiger partial charge in [-0.05, 0) is 12.0 Å². The zero-order chi connectivity index (χ0) is 19.4. The largest absolute Gasteiger partial charge is 0.507 e. The average molecular weight is 365 g/mol. The minimum absolute atomic E-state index is 0.0210. The summed E-state index contributed by atoms with van der Waals surface area (Å²) < 4.78 is 0. The van der Waals surface area contributed by atoms with Crippen LogP contribution in [0, 0.1) is 0 Å². The molecule has 0 spiro atoms. The van der Waals surface area contributed by atoms with Crippen LogP contribution in [0.25, 0.3) is 5.76 Å². The first-order chi connectivity index (χ1) is 13.0. The Bertz CT molecular complexity index is 889. The molecule has 1 aliphatic rings. The summed E-state index contributed by atoms with van der Waals surface area (Å²) in [7, 11) is 0. The number of rotatable bonds is 6. The molecule has 1 amide bonds. The Balaban J connectivity index is 2.07. The first-order valence-electron chi connectivity index (χ1n) is 8.61. The fourth-order valence-electron chi connectivity index (χ4n) is 3.24. The molecular weight excluding hydrogens is 346 g/mol. The number of likely N-dealkylation sites (tertiary alicyclic amines) is 1. The van der Waals surface area contributed by atoms with Gasteiger partial charge < -0.3 is 15.1 Å². The van der Waals surface area contributed by atoms with Crippen molar-refractivity contribution in [2.45, 2.75) is 18.9 Å². The van der Waals surface area contributed by atoms with Crippen molar-refractivity contribution in [3.63, 3.8) is 0 Å². The highest BCUT2D eigenvalue weighted by molar-refractivity contribution is 6.46. The number of carbonyl (C=O) groups is 3. The number of hydrogen-bond acceptors (Lipinski definition) is 4. The van der Waals surface area contributed by atoms with E-state index >= 15 is 0 Å². The normalized spacial score (nSPS) is 18.7. The summed E-state index contributed by atoms with van der Waals surface area (Å²) >= 11 is 0. The predicted molar refractivity (Wildman–Crippen MR) is 98.8 cm³/mol. The summed E-state index contributed by atoms with van der Waals surface area (Å²) in [4.78, 5) is 37.4. The van der Waals surface area contributed by atoms with Crippen LogP contribution in [0.4, 0.5) is 0 Å². The van der Waals surface area contributed by atoms with E-state index in [1.165, 1.54) is 4.90 Å². The van der Waals surface area contributed by atoms with Gasteiger partial charge in [-0.25, -0.2) is 0 Å². The number of carboxylic acid groups (broad SMARTS) is 1. The van der Waals surface area contributed by atoms with Crippen LogP contribution in [-0.2, 0) is 14.4 Å². The topological polar surface area (TPSA) is 94.9 Å². The van der Waals surface area contributed by atoms with E-state index in [2.05, 4.69) is 0 Å². The Kier molecular flexibility index (Phi) is 5.35. The zero-order valence-corrected chi connectivity index (χ0v) is 14.5. The van der Waals surface area contributed by atoms with Crippen molar-refractivity contribution in [2.75, 3.05) is 6.54 Å². The summed E-state index contributed by atoms with van der Waals surface area (Å²) in [5.41, 5.74) is 1.15. The smallest absolute Gasteiger partial charge is 0.303 e. The van der Waals surface area contributed by atoms with E-state index in [9.17, 15) is 19.5 Å². The Morgan fingerprint density at radius 1 is 0.926 bits per heavy atom. The van der Waals surface area contributed by atoms with Gasteiger partial charge >= 0.3 is 5.97 Å². The lowest BCUT2D eigenvalue weighted by Crippen LogP contribution is -2.31. The van der Waals surface area contributed by atoms with E-state index in [0.717, 1.165) is 0 Å². The van der Waals surface area contributed by atoms with Crippen molar-refractivity contribution < 1.29 is 24.6 Å². The molecule has 2 N–H and O–H groups in total. The number of carboxylic acids is 1. The van der Waals surface area contributed by atoms with Crippen LogP contribution in [0.2, 0.25) is 0 Å². The van der Waals surface area contributed by atoms with Gasteiger partial charge in [0.15, 0.2) is 0 Å². The third kappa shape index (κ3) is 3.74. The average Bonchev–Trinajstić information content (AvgIpc) is 2.93. The summed E-state index contributed by atoms with van der Waals surface area (Å²) in [6.07, 6.45) is 0.111. The van der Waals surface area contributed by atoms with E-state index < -0.39 is 23.7 Å². The summed E-state index contributed by atoms with van der Waals surface area (Å²) in [5, 5.41) is 19.6. The van der Waals surface area contributed by atoms with E-state index in [1.54, 1.807) is 54.6 Å². The monoisotopic (exact) mass is 365 g/mol. The van der Waals surface area contributed by atoms with Crippen LogP contribution < -0.4 is 0 Å². The molecule has 1 fully saturated rings. The number of amides is 1. The molecule has 3 rings (SSSR count). The second-order valence-corrected chi connectivity index (χ2v) is 6.27. The maximum Gasteiger partial charge on any atom is 0.303 e. The van der Waals surface area contributed by atoms with Crippen molar-refractivity contribution >= 4 is 23.4 Å². The van der Waals surface area contributed by atoms with E-state index in [4.69, 9.17) is 5.11 Å². The second kappa shape index (κ2) is 7.86. The quantitative estimate of drug-likeness (QED) is 0.466. The van der Waals surface area contributed by atoms with Gasteiger partial charge in [0.05, 0.1) is 11.6 Å². The molecule has 1 atom stereocenters. The standard InChI is InChI=1S/C21H19NO5/c23-16(24)12-7-13-22-18(14-8-3-1-4-9-14)17(20(26)21(22)27)19(25)15-10-5-2-6-11-15/h1-6,8-11,18,25H,7,12-13H2,(H,23,24)/t18-/m0/s1. The third-order valence-corrected chi connectivity index (χ3v) is 4.49. The minimum Gasteiger partial charge on any atom is -0.507 e. The number of benzene rings is 2. The van der Waals surface area contributed by atoms with Crippen LogP contribution in [-0.4, -0.2) is 39.3 Å². The molecule has 0 aliphatic carbocycles. The van der Waals surface area contributed by atoms with Gasteiger partial charge in [0.1, 0.15) is 5.76 Å². The predicted octanol–water partition coefficient (Wildman–Crippen LogP) is 2.97. The molecule has 0 aromatic heterocycles. The van der Waals surface area contributed by atoms with Gasteiger partial charge in [-0.15, -0.1) is 0 Å². The van der Waals surface area contributed by atoms with Crippen molar-refractivity contribution in [1.29, 1.82) is 0 Å². The molecule has 0 unspecified atom stereocenters. The highest BCUT2D eigenvalue weighted by atomic mass is 16.4. The van der Waals surface area contributed by atoms with E-state index in [1.807, 2.05) is 6.07 Å². The number of aliphatic carboxylic acids is 1. The van der Waals surface area contributed by atoms with Crippen LogP contribution >= 0.6 is 0 Å². The lowest BCUT2D eigenvalue weighted by atomic mass is 9.95. The van der Waals surface area contributed by atoms with E-state index in [0.29, 0.717) is 11.1 Å². The second-order valence-electron chi connectivity index (χ2n) is 6.27. The number of aliphatic hydroxyl groups excluding tert-OH is 1. The number of Topliss-reactive ketones (excluding diaryl/α,β-unsaturated/α-hetero) is 1. The number of aliphatic hydroxyl groups is 1. The van der Waals surface area contributed by atoms with E-state index in [-0.39, 0.29) is 30.7 Å². The van der Waals surface area contributed by atoms with Crippen LogP contribution in [0.5, 0.6) is 0 Å². The molecule has 2 aromatic carbocycles. The van der Waals surface area contributed by atoms with Gasteiger partial charge in [0.2, 0.25) is 0 Å². The van der Waals surface area contributed by atoms with Crippen LogP contribution in [0.3, 0.4) is 0 Å². The molecule has 6 heteroatoms. The lowest BCUT2D eigenvalue weighted by Gasteiger charge is -2.25. The lowest BCUT2D eigenvalue weighted by molar-refractivity contribution is -0.140. The zero-order valence-electron chi connectivity index (χ0n) is 14.5. The molecule has 1 heterocycles. The highest BCUT2D eigenvalue weighted by Gasteiger charge is 2.45. The number of ketones is 1. The van der Waals surface area contributed by atoms with Gasteiger partial charge in [0.25, 0.3) is 11.7 Å². The van der Waals surface area contributed by atoms with Crippen molar-refractivity contribution in [3.8, 4) is 0 Å².